The minimum atomic E-state index is -3.51. The van der Waals surface area contributed by atoms with Crippen molar-refractivity contribution >= 4 is 33.4 Å². The Kier molecular flexibility index (Phi) is 6.48. The first-order valence-corrected chi connectivity index (χ1v) is 11.3. The topological polar surface area (TPSA) is 84.9 Å². The van der Waals surface area contributed by atoms with Gasteiger partial charge in [0.15, 0.2) is 11.5 Å². The van der Waals surface area contributed by atoms with E-state index in [1.165, 1.54) is 30.7 Å². The largest absolute Gasteiger partial charge is 0.493 e. The second-order valence-electron chi connectivity index (χ2n) is 6.04. The van der Waals surface area contributed by atoms with Gasteiger partial charge in [0, 0.05) is 30.3 Å². The number of hydrogen-bond acceptors (Lipinski definition) is 6. The molecule has 1 heterocycles. The van der Waals surface area contributed by atoms with Crippen LogP contribution in [-0.4, -0.2) is 57.4 Å². The van der Waals surface area contributed by atoms with E-state index in [0.717, 1.165) is 11.5 Å². The quantitative estimate of drug-likeness (QED) is 0.771. The van der Waals surface area contributed by atoms with E-state index in [0.29, 0.717) is 35.8 Å². The van der Waals surface area contributed by atoms with Crippen LogP contribution < -0.4 is 14.8 Å². The van der Waals surface area contributed by atoms with E-state index in [1.54, 1.807) is 42.1 Å². The molecule has 0 spiro atoms. The molecule has 0 unspecified atom stereocenters. The van der Waals surface area contributed by atoms with Crippen LogP contribution >= 0.6 is 11.8 Å². The zero-order chi connectivity index (χ0) is 20.1. The first kappa shape index (κ1) is 20.5. The van der Waals surface area contributed by atoms with E-state index >= 15 is 0 Å². The molecule has 1 amide bonds. The van der Waals surface area contributed by atoms with Crippen LogP contribution in [0.25, 0.3) is 0 Å². The van der Waals surface area contributed by atoms with Crippen molar-refractivity contribution in [2.45, 2.75) is 4.90 Å². The number of carbonyl (C=O) groups is 1. The third kappa shape index (κ3) is 4.26. The summed E-state index contributed by atoms with van der Waals surface area (Å²) in [7, 11) is -0.543. The van der Waals surface area contributed by atoms with Crippen LogP contribution in [0, 0.1) is 0 Å². The van der Waals surface area contributed by atoms with E-state index in [-0.39, 0.29) is 10.8 Å². The van der Waals surface area contributed by atoms with Gasteiger partial charge in [-0.1, -0.05) is 6.07 Å². The van der Waals surface area contributed by atoms with Crippen LogP contribution in [-0.2, 0) is 10.0 Å². The molecule has 0 radical (unpaired) electrons. The van der Waals surface area contributed by atoms with Crippen molar-refractivity contribution in [2.24, 2.45) is 0 Å². The minimum Gasteiger partial charge on any atom is -0.493 e. The molecule has 2 aromatic rings. The molecule has 0 aromatic heterocycles. The molecule has 7 nitrogen and oxygen atoms in total. The number of carbonyl (C=O) groups excluding carboxylic acids is 1. The second-order valence-corrected chi connectivity index (χ2v) is 9.20. The highest BCUT2D eigenvalue weighted by Gasteiger charge is 2.26. The maximum Gasteiger partial charge on any atom is 0.259 e. The van der Waals surface area contributed by atoms with Gasteiger partial charge < -0.3 is 14.8 Å². The van der Waals surface area contributed by atoms with E-state index in [4.69, 9.17) is 9.47 Å². The molecule has 0 bridgehead atoms. The monoisotopic (exact) mass is 422 g/mol. The van der Waals surface area contributed by atoms with Gasteiger partial charge in [-0.05, 0) is 36.4 Å². The van der Waals surface area contributed by atoms with Crippen molar-refractivity contribution < 1.29 is 22.7 Å². The molecule has 28 heavy (non-hydrogen) atoms. The summed E-state index contributed by atoms with van der Waals surface area (Å²) in [6.07, 6.45) is 0. The highest BCUT2D eigenvalue weighted by atomic mass is 32.2. The van der Waals surface area contributed by atoms with Crippen LogP contribution in [0.1, 0.15) is 10.4 Å². The molecule has 1 saturated heterocycles. The first-order chi connectivity index (χ1) is 13.5. The predicted molar refractivity (Wildman–Crippen MR) is 110 cm³/mol. The van der Waals surface area contributed by atoms with Crippen LogP contribution in [0.2, 0.25) is 0 Å². The Morgan fingerprint density at radius 2 is 1.71 bits per heavy atom. The van der Waals surface area contributed by atoms with Crippen molar-refractivity contribution in [1.29, 1.82) is 0 Å². The van der Waals surface area contributed by atoms with Crippen LogP contribution in [0.4, 0.5) is 5.69 Å². The number of para-hydroxylation sites is 1. The Morgan fingerprint density at radius 3 is 2.32 bits per heavy atom. The zero-order valence-electron chi connectivity index (χ0n) is 15.7. The third-order valence-corrected chi connectivity index (χ3v) is 7.22. The number of nitrogens with one attached hydrogen (secondary N) is 1. The number of methoxy groups -OCH3 is 2. The van der Waals surface area contributed by atoms with Crippen molar-refractivity contribution in [1.82, 2.24) is 4.31 Å². The van der Waals surface area contributed by atoms with Gasteiger partial charge in [0.1, 0.15) is 0 Å². The van der Waals surface area contributed by atoms with Crippen molar-refractivity contribution in [3.05, 3.63) is 48.0 Å². The van der Waals surface area contributed by atoms with Gasteiger partial charge in [0.2, 0.25) is 10.0 Å². The fraction of sp³-hybridized carbons (Fsp3) is 0.316. The van der Waals surface area contributed by atoms with Gasteiger partial charge in [-0.15, -0.1) is 0 Å². The molecule has 150 valence electrons. The standard InChI is InChI=1S/C19H22N2O5S2/c1-25-17-5-3-4-16(18(17)26-2)19(22)20-14-6-8-15(9-7-14)28(23,24)21-10-12-27-13-11-21/h3-9H,10-13H2,1-2H3,(H,20,22). The summed E-state index contributed by atoms with van der Waals surface area (Å²) < 4.78 is 37.4. The lowest BCUT2D eigenvalue weighted by atomic mass is 10.1. The predicted octanol–water partition coefficient (Wildman–Crippen LogP) is 2.69. The Morgan fingerprint density at radius 1 is 1.04 bits per heavy atom. The number of hydrogen-bond donors (Lipinski definition) is 1. The van der Waals surface area contributed by atoms with Crippen LogP contribution in [0.15, 0.2) is 47.4 Å². The Balaban J connectivity index is 1.77. The maximum atomic E-state index is 12.7. The van der Waals surface area contributed by atoms with Crippen LogP contribution in [0.3, 0.4) is 0 Å². The molecule has 0 atom stereocenters. The number of anilines is 1. The Hall–Kier alpha value is -2.23. The van der Waals surface area contributed by atoms with Gasteiger partial charge in [-0.25, -0.2) is 8.42 Å². The van der Waals surface area contributed by atoms with Gasteiger partial charge in [-0.3, -0.25) is 4.79 Å². The highest BCUT2D eigenvalue weighted by molar-refractivity contribution is 7.99. The fourth-order valence-corrected chi connectivity index (χ4v) is 5.49. The fourth-order valence-electron chi connectivity index (χ4n) is 2.91. The van der Waals surface area contributed by atoms with Gasteiger partial charge in [-0.2, -0.15) is 16.1 Å². The zero-order valence-corrected chi connectivity index (χ0v) is 17.3. The average molecular weight is 423 g/mol. The summed E-state index contributed by atoms with van der Waals surface area (Å²) in [4.78, 5) is 12.8. The summed E-state index contributed by atoms with van der Waals surface area (Å²) in [5.41, 5.74) is 0.812. The molecular formula is C19H22N2O5S2. The number of ether oxygens (including phenoxy) is 2. The molecule has 0 aliphatic carbocycles. The summed E-state index contributed by atoms with van der Waals surface area (Å²) in [5.74, 6) is 2.02. The normalized spacial score (nSPS) is 15.1. The molecule has 2 aromatic carbocycles. The molecule has 1 fully saturated rings. The molecule has 9 heteroatoms. The maximum absolute atomic E-state index is 12.7. The average Bonchev–Trinajstić information content (AvgIpc) is 2.74. The molecule has 3 rings (SSSR count). The van der Waals surface area contributed by atoms with E-state index < -0.39 is 10.0 Å². The van der Waals surface area contributed by atoms with Crippen molar-refractivity contribution in [3.63, 3.8) is 0 Å². The number of sulfonamides is 1. The lowest BCUT2D eigenvalue weighted by molar-refractivity contribution is 0.102. The number of nitrogens with zero attached hydrogens (tertiary/aromatic N) is 1. The van der Waals surface area contributed by atoms with E-state index in [9.17, 15) is 13.2 Å². The summed E-state index contributed by atoms with van der Waals surface area (Å²) in [6, 6.07) is 11.2. The van der Waals surface area contributed by atoms with Gasteiger partial charge >= 0.3 is 0 Å². The Labute approximate surface area is 169 Å². The molecular weight excluding hydrogens is 400 g/mol. The number of benzene rings is 2. The molecule has 0 saturated carbocycles. The molecule has 1 aliphatic rings. The van der Waals surface area contributed by atoms with Crippen LogP contribution in [0.5, 0.6) is 11.5 Å². The third-order valence-electron chi connectivity index (χ3n) is 4.37. The lowest BCUT2D eigenvalue weighted by Gasteiger charge is -2.25. The minimum absolute atomic E-state index is 0.219. The van der Waals surface area contributed by atoms with Gasteiger partial charge in [0.25, 0.3) is 5.91 Å². The Bertz CT molecular complexity index is 939. The van der Waals surface area contributed by atoms with Crippen molar-refractivity contribution in [3.8, 4) is 11.5 Å². The second kappa shape index (κ2) is 8.85. The summed E-state index contributed by atoms with van der Waals surface area (Å²) >= 11 is 1.75. The molecule has 1 aliphatic heterocycles. The van der Waals surface area contributed by atoms with Crippen molar-refractivity contribution in [2.75, 3.05) is 44.1 Å². The first-order valence-electron chi connectivity index (χ1n) is 8.67. The smallest absolute Gasteiger partial charge is 0.259 e. The number of rotatable bonds is 6. The van der Waals surface area contributed by atoms with E-state index in [1.807, 2.05) is 0 Å². The summed E-state index contributed by atoms with van der Waals surface area (Å²) in [5, 5.41) is 2.76. The number of amides is 1. The molecule has 1 N–H and O–H groups in total. The lowest BCUT2D eigenvalue weighted by Crippen LogP contribution is -2.37. The SMILES string of the molecule is COc1cccc(C(=O)Nc2ccc(S(=O)(=O)N3CCSCC3)cc2)c1OC. The number of thioether (sulfide) groups is 1. The van der Waals surface area contributed by atoms with E-state index in [2.05, 4.69) is 5.32 Å². The summed E-state index contributed by atoms with van der Waals surface area (Å²) in [6.45, 7) is 1.03. The highest BCUT2D eigenvalue weighted by Crippen LogP contribution is 2.31. The van der Waals surface area contributed by atoms with Gasteiger partial charge in [0.05, 0.1) is 24.7 Å².